The van der Waals surface area contributed by atoms with Gasteiger partial charge in [0.15, 0.2) is 0 Å². The zero-order valence-corrected chi connectivity index (χ0v) is 11.4. The van der Waals surface area contributed by atoms with E-state index in [-0.39, 0.29) is 6.04 Å². The van der Waals surface area contributed by atoms with Crippen molar-refractivity contribution in [1.82, 2.24) is 5.32 Å². The third kappa shape index (κ3) is 1.89. The number of rotatable bonds is 3. The second kappa shape index (κ2) is 4.60. The molecule has 0 aliphatic carbocycles. The zero-order chi connectivity index (χ0) is 11.7. The van der Waals surface area contributed by atoms with Crippen LogP contribution in [0.4, 0.5) is 0 Å². The smallest absolute Gasteiger partial charge is 0.148 e. The van der Waals surface area contributed by atoms with Crippen molar-refractivity contribution in [2.75, 3.05) is 6.54 Å². The van der Waals surface area contributed by atoms with Crippen molar-refractivity contribution in [1.29, 1.82) is 0 Å². The lowest BCUT2D eigenvalue weighted by Gasteiger charge is -2.09. The van der Waals surface area contributed by atoms with Crippen LogP contribution in [0, 0.1) is 6.92 Å². The summed E-state index contributed by atoms with van der Waals surface area (Å²) in [6.45, 7) is 7.28. The summed E-state index contributed by atoms with van der Waals surface area (Å²) < 4.78 is 6.95. The number of hydrogen-bond acceptors (Lipinski definition) is 2. The normalized spacial score (nSPS) is 13.2. The number of furan rings is 1. The van der Waals surface area contributed by atoms with Crippen LogP contribution in [0.1, 0.15) is 31.2 Å². The van der Waals surface area contributed by atoms with Crippen LogP contribution in [0.2, 0.25) is 0 Å². The minimum atomic E-state index is 0.254. The van der Waals surface area contributed by atoms with Crippen LogP contribution in [-0.2, 0) is 0 Å². The molecule has 1 N–H and O–H groups in total. The van der Waals surface area contributed by atoms with E-state index in [0.717, 1.165) is 22.4 Å². The molecule has 0 bridgehead atoms. The molecule has 2 aromatic rings. The van der Waals surface area contributed by atoms with Gasteiger partial charge in [-0.25, -0.2) is 0 Å². The zero-order valence-electron chi connectivity index (χ0n) is 9.80. The minimum Gasteiger partial charge on any atom is -0.458 e. The highest BCUT2D eigenvalue weighted by molar-refractivity contribution is 9.10. The van der Waals surface area contributed by atoms with E-state index in [4.69, 9.17) is 4.42 Å². The molecule has 0 spiro atoms. The van der Waals surface area contributed by atoms with Gasteiger partial charge < -0.3 is 9.73 Å². The molecule has 1 aromatic heterocycles. The van der Waals surface area contributed by atoms with E-state index in [1.54, 1.807) is 0 Å². The van der Waals surface area contributed by atoms with Crippen molar-refractivity contribution in [2.24, 2.45) is 0 Å². The van der Waals surface area contributed by atoms with Gasteiger partial charge in [0.1, 0.15) is 11.3 Å². The Labute approximate surface area is 104 Å². The number of hydrogen-bond donors (Lipinski definition) is 1. The Morgan fingerprint density at radius 1 is 1.44 bits per heavy atom. The van der Waals surface area contributed by atoms with Crippen LogP contribution < -0.4 is 5.32 Å². The van der Waals surface area contributed by atoms with Crippen molar-refractivity contribution in [3.63, 3.8) is 0 Å². The van der Waals surface area contributed by atoms with Crippen LogP contribution in [0.3, 0.4) is 0 Å². The van der Waals surface area contributed by atoms with Gasteiger partial charge >= 0.3 is 0 Å². The summed E-state index contributed by atoms with van der Waals surface area (Å²) >= 11 is 3.52. The van der Waals surface area contributed by atoms with E-state index in [9.17, 15) is 0 Å². The summed E-state index contributed by atoms with van der Waals surface area (Å²) in [7, 11) is 0. The molecular formula is C13H16BrNO. The van der Waals surface area contributed by atoms with Crippen molar-refractivity contribution in [2.45, 2.75) is 26.8 Å². The first-order valence-corrected chi connectivity index (χ1v) is 6.35. The highest BCUT2D eigenvalue weighted by Gasteiger charge is 2.16. The second-order valence-electron chi connectivity index (χ2n) is 3.99. The Morgan fingerprint density at radius 3 is 2.81 bits per heavy atom. The lowest BCUT2D eigenvalue weighted by Crippen LogP contribution is -2.17. The van der Waals surface area contributed by atoms with Crippen molar-refractivity contribution in [3.05, 3.63) is 34.0 Å². The van der Waals surface area contributed by atoms with E-state index < -0.39 is 0 Å². The summed E-state index contributed by atoms with van der Waals surface area (Å²) in [5, 5.41) is 4.56. The maximum Gasteiger partial charge on any atom is 0.148 e. The minimum absolute atomic E-state index is 0.254. The number of para-hydroxylation sites is 1. The van der Waals surface area contributed by atoms with Crippen LogP contribution in [0.15, 0.2) is 27.1 Å². The Kier molecular flexibility index (Phi) is 3.36. The second-order valence-corrected chi connectivity index (χ2v) is 4.84. The van der Waals surface area contributed by atoms with E-state index in [2.05, 4.69) is 48.1 Å². The molecule has 86 valence electrons. The molecule has 0 aliphatic rings. The van der Waals surface area contributed by atoms with E-state index >= 15 is 0 Å². The number of aryl methyl sites for hydroxylation is 1. The molecule has 0 saturated heterocycles. The SMILES string of the molecule is CCNC(C)c1oc2c(Br)cccc2c1C. The monoisotopic (exact) mass is 281 g/mol. The molecule has 0 amide bonds. The molecule has 0 fully saturated rings. The summed E-state index contributed by atoms with van der Waals surface area (Å²) in [4.78, 5) is 0. The third-order valence-electron chi connectivity index (χ3n) is 2.86. The largest absolute Gasteiger partial charge is 0.458 e. The van der Waals surface area contributed by atoms with Crippen LogP contribution >= 0.6 is 15.9 Å². The number of fused-ring (bicyclic) bond motifs is 1. The molecule has 0 radical (unpaired) electrons. The van der Waals surface area contributed by atoms with E-state index in [1.165, 1.54) is 10.9 Å². The average Bonchev–Trinajstić information content (AvgIpc) is 2.59. The topological polar surface area (TPSA) is 25.2 Å². The first-order valence-electron chi connectivity index (χ1n) is 5.56. The first-order chi connectivity index (χ1) is 7.65. The average molecular weight is 282 g/mol. The first kappa shape index (κ1) is 11.7. The van der Waals surface area contributed by atoms with Crippen LogP contribution in [0.5, 0.6) is 0 Å². The van der Waals surface area contributed by atoms with Crippen molar-refractivity contribution in [3.8, 4) is 0 Å². The van der Waals surface area contributed by atoms with Crippen LogP contribution in [0.25, 0.3) is 11.0 Å². The molecule has 1 heterocycles. The predicted octanol–water partition coefficient (Wildman–Crippen LogP) is 4.17. The van der Waals surface area contributed by atoms with Gasteiger partial charge in [0.2, 0.25) is 0 Å². The molecule has 0 aliphatic heterocycles. The molecule has 16 heavy (non-hydrogen) atoms. The van der Waals surface area contributed by atoms with Gasteiger partial charge in [0, 0.05) is 10.9 Å². The van der Waals surface area contributed by atoms with Crippen LogP contribution in [-0.4, -0.2) is 6.54 Å². The van der Waals surface area contributed by atoms with Gasteiger partial charge in [0.05, 0.1) is 10.5 Å². The lowest BCUT2D eigenvalue weighted by molar-refractivity contribution is 0.455. The number of benzene rings is 1. The Bertz CT molecular complexity index is 504. The summed E-state index contributed by atoms with van der Waals surface area (Å²) in [5.41, 5.74) is 2.17. The fourth-order valence-electron chi connectivity index (χ4n) is 2.04. The molecular weight excluding hydrogens is 266 g/mol. The highest BCUT2D eigenvalue weighted by atomic mass is 79.9. The van der Waals surface area contributed by atoms with Gasteiger partial charge in [-0.15, -0.1) is 0 Å². The number of halogens is 1. The molecule has 1 atom stereocenters. The van der Waals surface area contributed by atoms with Crippen molar-refractivity contribution < 1.29 is 4.42 Å². The maximum atomic E-state index is 5.93. The van der Waals surface area contributed by atoms with Crippen molar-refractivity contribution >= 4 is 26.9 Å². The van der Waals surface area contributed by atoms with Gasteiger partial charge in [0.25, 0.3) is 0 Å². The van der Waals surface area contributed by atoms with Gasteiger partial charge in [-0.3, -0.25) is 0 Å². The Hall–Kier alpha value is -0.800. The number of nitrogens with one attached hydrogen (secondary N) is 1. The fourth-order valence-corrected chi connectivity index (χ4v) is 2.49. The standard InChI is InChI=1S/C13H16BrNO/c1-4-15-9(3)12-8(2)10-6-5-7-11(14)13(10)16-12/h5-7,9,15H,4H2,1-3H3. The van der Waals surface area contributed by atoms with Gasteiger partial charge in [-0.1, -0.05) is 19.1 Å². The maximum absolute atomic E-state index is 5.93. The molecule has 0 saturated carbocycles. The van der Waals surface area contributed by atoms with Gasteiger partial charge in [-0.05, 0) is 42.4 Å². The highest BCUT2D eigenvalue weighted by Crippen LogP contribution is 2.33. The fraction of sp³-hybridized carbons (Fsp3) is 0.385. The molecule has 2 rings (SSSR count). The molecule has 1 aromatic carbocycles. The van der Waals surface area contributed by atoms with Gasteiger partial charge in [-0.2, -0.15) is 0 Å². The Balaban J connectivity index is 2.55. The third-order valence-corrected chi connectivity index (χ3v) is 3.48. The molecule has 2 nitrogen and oxygen atoms in total. The molecule has 1 unspecified atom stereocenters. The summed E-state index contributed by atoms with van der Waals surface area (Å²) in [5.74, 6) is 1.03. The Morgan fingerprint density at radius 2 is 2.19 bits per heavy atom. The quantitative estimate of drug-likeness (QED) is 0.913. The lowest BCUT2D eigenvalue weighted by atomic mass is 10.1. The molecule has 3 heteroatoms. The summed E-state index contributed by atoms with van der Waals surface area (Å²) in [6, 6.07) is 6.40. The summed E-state index contributed by atoms with van der Waals surface area (Å²) in [6.07, 6.45) is 0. The van der Waals surface area contributed by atoms with E-state index in [0.29, 0.717) is 0 Å². The van der Waals surface area contributed by atoms with E-state index in [1.807, 2.05) is 12.1 Å². The predicted molar refractivity (Wildman–Crippen MR) is 70.7 cm³/mol.